The summed E-state index contributed by atoms with van der Waals surface area (Å²) in [6, 6.07) is -0.593. The average molecular weight is 306 g/mol. The zero-order valence-corrected chi connectivity index (χ0v) is 12.4. The molecule has 1 unspecified atom stereocenters. The molecule has 1 saturated heterocycles. The molecule has 1 fully saturated rings. The minimum absolute atomic E-state index is 0.0834. The standard InChI is InChI=1S/C12H22N2O5S/c1-2-3-9(11(15)16)8-13-12(17)14-10-4-6-20(18,19)7-5-10/h9-10H,2-8H2,1H3,(H,15,16)(H2,13,14,17). The van der Waals surface area contributed by atoms with Crippen molar-refractivity contribution in [2.45, 2.75) is 38.6 Å². The molecule has 1 aliphatic heterocycles. The van der Waals surface area contributed by atoms with E-state index in [-0.39, 0.29) is 24.1 Å². The molecule has 2 amide bonds. The van der Waals surface area contributed by atoms with E-state index in [9.17, 15) is 18.0 Å². The summed E-state index contributed by atoms with van der Waals surface area (Å²) >= 11 is 0. The molecule has 1 rings (SSSR count). The van der Waals surface area contributed by atoms with Crippen molar-refractivity contribution in [3.63, 3.8) is 0 Å². The molecule has 1 atom stereocenters. The van der Waals surface area contributed by atoms with Gasteiger partial charge in [-0.3, -0.25) is 4.79 Å². The number of hydrogen-bond acceptors (Lipinski definition) is 4. The Morgan fingerprint density at radius 3 is 2.40 bits per heavy atom. The first kappa shape index (κ1) is 16.7. The molecule has 116 valence electrons. The van der Waals surface area contributed by atoms with Crippen molar-refractivity contribution < 1.29 is 23.1 Å². The van der Waals surface area contributed by atoms with Crippen LogP contribution in [0.3, 0.4) is 0 Å². The highest BCUT2D eigenvalue weighted by atomic mass is 32.2. The molecular weight excluding hydrogens is 284 g/mol. The number of carboxylic acids is 1. The van der Waals surface area contributed by atoms with E-state index in [1.165, 1.54) is 0 Å². The highest BCUT2D eigenvalue weighted by Gasteiger charge is 2.25. The summed E-state index contributed by atoms with van der Waals surface area (Å²) in [5.74, 6) is -1.33. The van der Waals surface area contributed by atoms with E-state index in [0.29, 0.717) is 19.3 Å². The Morgan fingerprint density at radius 2 is 1.90 bits per heavy atom. The van der Waals surface area contributed by atoms with Gasteiger partial charge in [0.25, 0.3) is 0 Å². The fourth-order valence-electron chi connectivity index (χ4n) is 2.15. The van der Waals surface area contributed by atoms with Crippen molar-refractivity contribution in [2.75, 3.05) is 18.1 Å². The van der Waals surface area contributed by atoms with Crippen molar-refractivity contribution in [3.05, 3.63) is 0 Å². The SMILES string of the molecule is CCCC(CNC(=O)NC1CCS(=O)(=O)CC1)C(=O)O. The van der Waals surface area contributed by atoms with E-state index in [4.69, 9.17) is 5.11 Å². The van der Waals surface area contributed by atoms with Crippen LogP contribution in [0, 0.1) is 5.92 Å². The lowest BCUT2D eigenvalue weighted by atomic mass is 10.0. The quantitative estimate of drug-likeness (QED) is 0.656. The minimum atomic E-state index is -2.95. The number of carbonyl (C=O) groups is 2. The maximum Gasteiger partial charge on any atom is 0.315 e. The number of hydrogen-bond donors (Lipinski definition) is 3. The lowest BCUT2D eigenvalue weighted by Crippen LogP contribution is -2.47. The molecule has 7 nitrogen and oxygen atoms in total. The van der Waals surface area contributed by atoms with Gasteiger partial charge in [-0.05, 0) is 19.3 Å². The van der Waals surface area contributed by atoms with Gasteiger partial charge in [-0.25, -0.2) is 13.2 Å². The van der Waals surface area contributed by atoms with Crippen molar-refractivity contribution in [1.29, 1.82) is 0 Å². The van der Waals surface area contributed by atoms with E-state index in [1.54, 1.807) is 0 Å². The molecule has 1 heterocycles. The van der Waals surface area contributed by atoms with Crippen molar-refractivity contribution in [3.8, 4) is 0 Å². The highest BCUT2D eigenvalue weighted by Crippen LogP contribution is 2.12. The largest absolute Gasteiger partial charge is 0.481 e. The summed E-state index contributed by atoms with van der Waals surface area (Å²) in [6.45, 7) is 1.97. The van der Waals surface area contributed by atoms with Crippen LogP contribution in [-0.4, -0.2) is 49.6 Å². The molecule has 0 spiro atoms. The van der Waals surface area contributed by atoms with Crippen LogP contribution in [-0.2, 0) is 14.6 Å². The lowest BCUT2D eigenvalue weighted by molar-refractivity contribution is -0.141. The predicted octanol–water partition coefficient (Wildman–Crippen LogP) is 0.364. The smallest absolute Gasteiger partial charge is 0.315 e. The number of carboxylic acid groups (broad SMARTS) is 1. The van der Waals surface area contributed by atoms with E-state index < -0.39 is 27.8 Å². The van der Waals surface area contributed by atoms with Crippen LogP contribution >= 0.6 is 0 Å². The Hall–Kier alpha value is -1.31. The maximum atomic E-state index is 11.6. The molecule has 1 aliphatic rings. The summed E-state index contributed by atoms with van der Waals surface area (Å²) in [6.07, 6.45) is 2.07. The molecule has 0 aromatic heterocycles. The first-order valence-electron chi connectivity index (χ1n) is 6.81. The second kappa shape index (κ2) is 7.47. The van der Waals surface area contributed by atoms with Crippen LogP contribution in [0.25, 0.3) is 0 Å². The second-order valence-corrected chi connectivity index (χ2v) is 7.41. The number of rotatable bonds is 6. The van der Waals surface area contributed by atoms with Gasteiger partial charge in [0.05, 0.1) is 17.4 Å². The fraction of sp³-hybridized carbons (Fsp3) is 0.833. The number of sulfone groups is 1. The van der Waals surface area contributed by atoms with E-state index in [0.717, 1.165) is 6.42 Å². The topological polar surface area (TPSA) is 113 Å². The third-order valence-electron chi connectivity index (χ3n) is 3.39. The molecule has 0 aliphatic carbocycles. The third kappa shape index (κ3) is 5.77. The van der Waals surface area contributed by atoms with E-state index in [1.807, 2.05) is 6.92 Å². The highest BCUT2D eigenvalue weighted by molar-refractivity contribution is 7.91. The second-order valence-electron chi connectivity index (χ2n) is 5.10. The van der Waals surface area contributed by atoms with Crippen molar-refractivity contribution in [1.82, 2.24) is 10.6 Å². The van der Waals surface area contributed by atoms with Crippen LogP contribution in [0.15, 0.2) is 0 Å². The monoisotopic (exact) mass is 306 g/mol. The van der Waals surface area contributed by atoms with Crippen LogP contribution in [0.5, 0.6) is 0 Å². The minimum Gasteiger partial charge on any atom is -0.481 e. The molecule has 20 heavy (non-hydrogen) atoms. The van der Waals surface area contributed by atoms with Gasteiger partial charge in [-0.1, -0.05) is 13.3 Å². The van der Waals surface area contributed by atoms with Crippen LogP contribution in [0.1, 0.15) is 32.6 Å². The number of urea groups is 1. The Kier molecular flexibility index (Phi) is 6.25. The lowest BCUT2D eigenvalue weighted by Gasteiger charge is -2.23. The van der Waals surface area contributed by atoms with Gasteiger partial charge < -0.3 is 15.7 Å². The van der Waals surface area contributed by atoms with Gasteiger partial charge in [0.15, 0.2) is 0 Å². The molecule has 0 bridgehead atoms. The van der Waals surface area contributed by atoms with E-state index in [2.05, 4.69) is 10.6 Å². The average Bonchev–Trinajstić information content (AvgIpc) is 2.36. The summed E-state index contributed by atoms with van der Waals surface area (Å²) in [7, 11) is -2.95. The zero-order valence-electron chi connectivity index (χ0n) is 11.6. The summed E-state index contributed by atoms with van der Waals surface area (Å²) in [5.41, 5.74) is 0. The van der Waals surface area contributed by atoms with Crippen LogP contribution < -0.4 is 10.6 Å². The van der Waals surface area contributed by atoms with Gasteiger partial charge >= 0.3 is 12.0 Å². The predicted molar refractivity (Wildman–Crippen MR) is 74.2 cm³/mol. The first-order chi connectivity index (χ1) is 9.34. The zero-order chi connectivity index (χ0) is 15.2. The van der Waals surface area contributed by atoms with Crippen LogP contribution in [0.2, 0.25) is 0 Å². The molecule has 8 heteroatoms. The third-order valence-corrected chi connectivity index (χ3v) is 5.10. The van der Waals surface area contributed by atoms with Gasteiger partial charge in [0.1, 0.15) is 9.84 Å². The van der Waals surface area contributed by atoms with Crippen LogP contribution in [0.4, 0.5) is 4.79 Å². The normalized spacial score (nSPS) is 20.1. The number of carbonyl (C=O) groups excluding carboxylic acids is 1. The van der Waals surface area contributed by atoms with Gasteiger partial charge in [-0.2, -0.15) is 0 Å². The molecule has 0 radical (unpaired) electrons. The van der Waals surface area contributed by atoms with Crippen molar-refractivity contribution >= 4 is 21.8 Å². The first-order valence-corrected chi connectivity index (χ1v) is 8.63. The molecule has 0 aromatic carbocycles. The Bertz CT molecular complexity index is 435. The van der Waals surface area contributed by atoms with E-state index >= 15 is 0 Å². The van der Waals surface area contributed by atoms with Gasteiger partial charge in [0, 0.05) is 12.6 Å². The summed E-state index contributed by atoms with van der Waals surface area (Å²) < 4.78 is 22.5. The Morgan fingerprint density at radius 1 is 1.30 bits per heavy atom. The molecular formula is C12H22N2O5S. The molecule has 3 N–H and O–H groups in total. The Labute approximate surface area is 119 Å². The molecule has 0 saturated carbocycles. The van der Waals surface area contributed by atoms with Gasteiger partial charge in [-0.15, -0.1) is 0 Å². The fourth-order valence-corrected chi connectivity index (χ4v) is 3.64. The molecule has 0 aromatic rings. The maximum absolute atomic E-state index is 11.6. The number of aliphatic carboxylic acids is 1. The van der Waals surface area contributed by atoms with Crippen molar-refractivity contribution in [2.24, 2.45) is 5.92 Å². The van der Waals surface area contributed by atoms with Gasteiger partial charge in [0.2, 0.25) is 0 Å². The number of amides is 2. The summed E-state index contributed by atoms with van der Waals surface area (Å²) in [4.78, 5) is 22.6. The summed E-state index contributed by atoms with van der Waals surface area (Å²) in [5, 5.41) is 14.2. The number of nitrogens with one attached hydrogen (secondary N) is 2. The Balaban J connectivity index is 2.31.